The molecule has 4 rings (SSSR count). The molecule has 1 fully saturated rings. The van der Waals surface area contributed by atoms with E-state index in [1.165, 1.54) is 0 Å². The van der Waals surface area contributed by atoms with E-state index >= 15 is 0 Å². The molecule has 1 aliphatic heterocycles. The number of carbonyl (C=O) groups excluding carboxylic acids is 2. The van der Waals surface area contributed by atoms with Crippen molar-refractivity contribution < 1.29 is 35.9 Å². The van der Waals surface area contributed by atoms with E-state index in [0.29, 0.717) is 18.9 Å². The maximum atomic E-state index is 14.5. The highest BCUT2D eigenvalue weighted by Crippen LogP contribution is 2.26. The SMILES string of the molecule is COC(=O)Cn1c(=NC(=O)C2CCCN(S(=O)(=O)c3ccc(F)cc3)C2)sc2cc(F)cc(F)c21. The van der Waals surface area contributed by atoms with E-state index in [4.69, 9.17) is 0 Å². The van der Waals surface area contributed by atoms with Gasteiger partial charge in [0.1, 0.15) is 18.2 Å². The maximum Gasteiger partial charge on any atom is 0.325 e. The number of carbonyl (C=O) groups is 2. The molecule has 3 aromatic rings. The van der Waals surface area contributed by atoms with Gasteiger partial charge in [-0.2, -0.15) is 9.30 Å². The number of nitrogens with zero attached hydrogens (tertiary/aromatic N) is 3. The van der Waals surface area contributed by atoms with E-state index in [-0.39, 0.29) is 33.0 Å². The van der Waals surface area contributed by atoms with Crippen LogP contribution in [0.4, 0.5) is 13.2 Å². The number of benzene rings is 2. The summed E-state index contributed by atoms with van der Waals surface area (Å²) in [7, 11) is -2.81. The van der Waals surface area contributed by atoms with Crippen LogP contribution in [0.1, 0.15) is 12.8 Å². The van der Waals surface area contributed by atoms with Gasteiger partial charge in [0.25, 0.3) is 5.91 Å². The van der Waals surface area contributed by atoms with Crippen LogP contribution in [0.15, 0.2) is 46.3 Å². The van der Waals surface area contributed by atoms with Crippen LogP contribution in [0.25, 0.3) is 10.2 Å². The van der Waals surface area contributed by atoms with Crippen molar-refractivity contribution in [3.8, 4) is 0 Å². The fraction of sp³-hybridized carbons (Fsp3) is 0.318. The summed E-state index contributed by atoms with van der Waals surface area (Å²) in [6.07, 6.45) is 0.753. The van der Waals surface area contributed by atoms with Gasteiger partial charge in [-0.1, -0.05) is 11.3 Å². The number of methoxy groups -OCH3 is 1. The molecule has 1 atom stereocenters. The molecule has 2 heterocycles. The highest BCUT2D eigenvalue weighted by atomic mass is 32.2. The standard InChI is InChI=1S/C22H20F3N3O5S2/c1-33-19(29)12-28-20-17(25)9-15(24)10-18(20)34-22(28)26-21(30)13-3-2-8-27(11-13)35(31,32)16-6-4-14(23)5-7-16/h4-7,9-10,13H,2-3,8,11-12H2,1H3. The van der Waals surface area contributed by atoms with Crippen molar-refractivity contribution in [3.05, 3.63) is 58.7 Å². The van der Waals surface area contributed by atoms with E-state index in [1.807, 2.05) is 0 Å². The van der Waals surface area contributed by atoms with E-state index < -0.39 is 51.8 Å². The molecule has 0 saturated carbocycles. The molecule has 0 N–H and O–H groups in total. The Labute approximate surface area is 202 Å². The van der Waals surface area contributed by atoms with Crippen LogP contribution in [0.3, 0.4) is 0 Å². The van der Waals surface area contributed by atoms with Gasteiger partial charge in [0.15, 0.2) is 10.6 Å². The second kappa shape index (κ2) is 9.91. The summed E-state index contributed by atoms with van der Waals surface area (Å²) >= 11 is 0.822. The first-order valence-electron chi connectivity index (χ1n) is 10.5. The summed E-state index contributed by atoms with van der Waals surface area (Å²) < 4.78 is 74.4. The molecular formula is C22H20F3N3O5S2. The fourth-order valence-corrected chi connectivity index (χ4v) is 6.46. The Balaban J connectivity index is 1.67. The molecule has 1 aliphatic rings. The van der Waals surface area contributed by atoms with Gasteiger partial charge in [-0.15, -0.1) is 0 Å². The Kier molecular flexibility index (Phi) is 7.10. The third-order valence-corrected chi connectivity index (χ3v) is 8.51. The van der Waals surface area contributed by atoms with Crippen LogP contribution in [0.2, 0.25) is 0 Å². The average molecular weight is 528 g/mol. The number of ether oxygens (including phenoxy) is 1. The van der Waals surface area contributed by atoms with Crippen molar-refractivity contribution in [1.82, 2.24) is 8.87 Å². The van der Waals surface area contributed by atoms with Crippen molar-refractivity contribution in [2.45, 2.75) is 24.3 Å². The molecule has 1 amide bonds. The van der Waals surface area contributed by atoms with Gasteiger partial charge in [0.2, 0.25) is 10.0 Å². The third kappa shape index (κ3) is 5.16. The first-order chi connectivity index (χ1) is 16.6. The molecule has 8 nitrogen and oxygen atoms in total. The second-order valence-electron chi connectivity index (χ2n) is 7.89. The van der Waals surface area contributed by atoms with Crippen LogP contribution in [-0.2, 0) is 30.9 Å². The largest absolute Gasteiger partial charge is 0.468 e. The van der Waals surface area contributed by atoms with Crippen molar-refractivity contribution in [3.63, 3.8) is 0 Å². The Morgan fingerprint density at radius 2 is 1.86 bits per heavy atom. The Morgan fingerprint density at radius 1 is 1.14 bits per heavy atom. The van der Waals surface area contributed by atoms with E-state index in [9.17, 15) is 31.2 Å². The molecule has 1 aromatic heterocycles. The van der Waals surface area contributed by atoms with Gasteiger partial charge in [-0.05, 0) is 43.2 Å². The molecule has 35 heavy (non-hydrogen) atoms. The number of piperidine rings is 1. The molecule has 0 aliphatic carbocycles. The molecule has 0 spiro atoms. The molecule has 1 unspecified atom stereocenters. The normalized spacial score (nSPS) is 17.6. The van der Waals surface area contributed by atoms with E-state index in [2.05, 4.69) is 9.73 Å². The highest BCUT2D eigenvalue weighted by molar-refractivity contribution is 7.89. The first kappa shape index (κ1) is 25.1. The number of halogens is 3. The third-order valence-electron chi connectivity index (χ3n) is 5.60. The lowest BCUT2D eigenvalue weighted by atomic mass is 9.99. The summed E-state index contributed by atoms with van der Waals surface area (Å²) in [4.78, 5) is 28.8. The van der Waals surface area contributed by atoms with Crippen LogP contribution in [0.5, 0.6) is 0 Å². The Hall–Kier alpha value is -3.03. The van der Waals surface area contributed by atoms with Crippen LogP contribution in [-0.4, -0.2) is 49.4 Å². The number of fused-ring (bicyclic) bond motifs is 1. The van der Waals surface area contributed by atoms with Crippen molar-refractivity contribution in [1.29, 1.82) is 0 Å². The number of esters is 1. The molecule has 0 bridgehead atoms. The minimum absolute atomic E-state index is 0.0431. The number of hydrogen-bond donors (Lipinski definition) is 0. The van der Waals surface area contributed by atoms with Crippen molar-refractivity contribution in [2.24, 2.45) is 10.9 Å². The molecule has 0 radical (unpaired) electrons. The predicted octanol–water partition coefficient (Wildman–Crippen LogP) is 2.82. The average Bonchev–Trinajstić information content (AvgIpc) is 3.15. The zero-order valence-electron chi connectivity index (χ0n) is 18.4. The number of hydrogen-bond acceptors (Lipinski definition) is 6. The topological polar surface area (TPSA) is 98.0 Å². The summed E-state index contributed by atoms with van der Waals surface area (Å²) in [5.74, 6) is -4.50. The maximum absolute atomic E-state index is 14.5. The first-order valence-corrected chi connectivity index (χ1v) is 12.8. The summed E-state index contributed by atoms with van der Waals surface area (Å²) in [6.45, 7) is -0.424. The lowest BCUT2D eigenvalue weighted by Crippen LogP contribution is -2.42. The molecule has 13 heteroatoms. The summed E-state index contributed by atoms with van der Waals surface area (Å²) in [6, 6.07) is 6.12. The van der Waals surface area contributed by atoms with Gasteiger partial charge in [-0.25, -0.2) is 21.6 Å². The van der Waals surface area contributed by atoms with Crippen molar-refractivity contribution in [2.75, 3.05) is 20.2 Å². The lowest BCUT2D eigenvalue weighted by molar-refractivity contribution is -0.141. The lowest BCUT2D eigenvalue weighted by Gasteiger charge is -2.30. The van der Waals surface area contributed by atoms with E-state index in [1.54, 1.807) is 0 Å². The predicted molar refractivity (Wildman–Crippen MR) is 120 cm³/mol. The van der Waals surface area contributed by atoms with E-state index in [0.717, 1.165) is 57.7 Å². The highest BCUT2D eigenvalue weighted by Gasteiger charge is 2.33. The number of amides is 1. The van der Waals surface area contributed by atoms with Gasteiger partial charge in [0, 0.05) is 19.2 Å². The smallest absolute Gasteiger partial charge is 0.325 e. The Bertz CT molecular complexity index is 1470. The van der Waals surface area contributed by atoms with Gasteiger partial charge < -0.3 is 9.30 Å². The fourth-order valence-electron chi connectivity index (χ4n) is 3.86. The number of aromatic nitrogens is 1. The minimum atomic E-state index is -3.96. The van der Waals surface area contributed by atoms with Crippen molar-refractivity contribution >= 4 is 43.5 Å². The second-order valence-corrected chi connectivity index (χ2v) is 10.8. The van der Waals surface area contributed by atoms with Gasteiger partial charge >= 0.3 is 5.97 Å². The zero-order valence-corrected chi connectivity index (χ0v) is 20.0. The van der Waals surface area contributed by atoms with Gasteiger partial charge in [0.05, 0.1) is 28.1 Å². The summed E-state index contributed by atoms with van der Waals surface area (Å²) in [5.41, 5.74) is -0.0995. The quantitative estimate of drug-likeness (QED) is 0.476. The number of rotatable bonds is 5. The van der Waals surface area contributed by atoms with Gasteiger partial charge in [-0.3, -0.25) is 9.59 Å². The van der Waals surface area contributed by atoms with Crippen LogP contribution in [0, 0.1) is 23.4 Å². The minimum Gasteiger partial charge on any atom is -0.468 e. The monoisotopic (exact) mass is 527 g/mol. The summed E-state index contributed by atoms with van der Waals surface area (Å²) in [5, 5.41) is 0. The number of sulfonamides is 1. The molecule has 186 valence electrons. The Morgan fingerprint density at radius 3 is 2.54 bits per heavy atom. The van der Waals surface area contributed by atoms with Crippen LogP contribution < -0.4 is 4.80 Å². The zero-order chi connectivity index (χ0) is 25.3. The van der Waals surface area contributed by atoms with Crippen LogP contribution >= 0.6 is 11.3 Å². The molecule has 1 saturated heterocycles. The molecular weight excluding hydrogens is 507 g/mol. The molecule has 2 aromatic carbocycles. The number of thiazole rings is 1.